The van der Waals surface area contributed by atoms with Crippen molar-refractivity contribution < 1.29 is 18.3 Å². The second-order valence-corrected chi connectivity index (χ2v) is 5.70. The molecule has 0 heterocycles. The third-order valence-corrected chi connectivity index (χ3v) is 4.31. The number of phenolic OH excluding ortho intramolecular Hbond substituents is 1. The Morgan fingerprint density at radius 1 is 0.818 bits per heavy atom. The quantitative estimate of drug-likeness (QED) is 0.560. The lowest BCUT2D eigenvalue weighted by Crippen LogP contribution is -2.03. The van der Waals surface area contributed by atoms with Gasteiger partial charge in [-0.15, -0.1) is 0 Å². The first kappa shape index (κ1) is 14.9. The predicted octanol–water partition coefficient (Wildman–Crippen LogP) is 5.99. The van der Waals surface area contributed by atoms with Crippen LogP contribution in [0.15, 0.2) is 59.1 Å². The van der Waals surface area contributed by atoms with Crippen molar-refractivity contribution >= 4 is 26.7 Å². The molecule has 0 aromatic heterocycles. The van der Waals surface area contributed by atoms with Gasteiger partial charge in [-0.3, -0.25) is 0 Å². The molecule has 0 amide bonds. The lowest BCUT2D eigenvalue weighted by atomic mass is 10.00. The van der Waals surface area contributed by atoms with Gasteiger partial charge in [0.2, 0.25) is 0 Å². The van der Waals surface area contributed by atoms with Crippen LogP contribution in [0, 0.1) is 0 Å². The first-order valence-corrected chi connectivity index (χ1v) is 7.24. The van der Waals surface area contributed by atoms with Crippen molar-refractivity contribution in [2.75, 3.05) is 0 Å². The molecule has 0 saturated carbocycles. The van der Waals surface area contributed by atoms with Gasteiger partial charge in [0.1, 0.15) is 5.75 Å². The van der Waals surface area contributed by atoms with Crippen molar-refractivity contribution in [1.29, 1.82) is 0 Å². The van der Waals surface area contributed by atoms with E-state index in [1.165, 1.54) is 12.1 Å². The van der Waals surface area contributed by atoms with Crippen molar-refractivity contribution in [3.05, 3.63) is 64.6 Å². The van der Waals surface area contributed by atoms with Crippen LogP contribution in [0.5, 0.6) is 5.75 Å². The van der Waals surface area contributed by atoms with Crippen LogP contribution in [0.4, 0.5) is 13.2 Å². The van der Waals surface area contributed by atoms with Gasteiger partial charge < -0.3 is 5.11 Å². The fourth-order valence-corrected chi connectivity index (χ4v) is 2.80. The number of hydrogen-bond donors (Lipinski definition) is 1. The second kappa shape index (κ2) is 5.32. The zero-order chi connectivity index (χ0) is 15.9. The lowest BCUT2D eigenvalue weighted by Gasteiger charge is -2.09. The Bertz CT molecular complexity index is 839. The lowest BCUT2D eigenvalue weighted by molar-refractivity contribution is -0.137. The summed E-state index contributed by atoms with van der Waals surface area (Å²) >= 11 is 3.32. The van der Waals surface area contributed by atoms with Gasteiger partial charge in [0.05, 0.1) is 10.0 Å². The molecule has 0 fully saturated rings. The highest BCUT2D eigenvalue weighted by Gasteiger charge is 2.29. The van der Waals surface area contributed by atoms with Gasteiger partial charge >= 0.3 is 6.18 Å². The minimum atomic E-state index is -4.33. The topological polar surface area (TPSA) is 20.2 Å². The minimum Gasteiger partial charge on any atom is -0.507 e. The maximum absolute atomic E-state index is 12.6. The van der Waals surface area contributed by atoms with Crippen molar-refractivity contribution in [1.82, 2.24) is 0 Å². The maximum atomic E-state index is 12.6. The number of halogens is 4. The van der Waals surface area contributed by atoms with Gasteiger partial charge in [-0.2, -0.15) is 13.2 Å². The normalized spacial score (nSPS) is 11.8. The molecule has 0 saturated heterocycles. The number of alkyl halides is 3. The number of phenols is 1. The van der Waals surface area contributed by atoms with Gasteiger partial charge in [0.25, 0.3) is 0 Å². The Labute approximate surface area is 133 Å². The van der Waals surface area contributed by atoms with Gasteiger partial charge in [0.15, 0.2) is 0 Å². The average Bonchev–Trinajstić information content (AvgIpc) is 2.50. The van der Waals surface area contributed by atoms with Crippen molar-refractivity contribution in [2.24, 2.45) is 0 Å². The molecular weight excluding hydrogens is 357 g/mol. The van der Waals surface area contributed by atoms with Crippen molar-refractivity contribution in [2.45, 2.75) is 6.18 Å². The van der Waals surface area contributed by atoms with Gasteiger partial charge in [0, 0.05) is 0 Å². The molecule has 1 N–H and O–H groups in total. The van der Waals surface area contributed by atoms with Crippen molar-refractivity contribution in [3.8, 4) is 16.9 Å². The van der Waals surface area contributed by atoms with E-state index >= 15 is 0 Å². The molecule has 5 heteroatoms. The largest absolute Gasteiger partial charge is 0.507 e. The van der Waals surface area contributed by atoms with E-state index in [-0.39, 0.29) is 5.75 Å². The van der Waals surface area contributed by atoms with E-state index in [1.54, 1.807) is 12.1 Å². The summed E-state index contributed by atoms with van der Waals surface area (Å²) in [6, 6.07) is 13.9. The van der Waals surface area contributed by atoms with Crippen LogP contribution in [0.2, 0.25) is 0 Å². The maximum Gasteiger partial charge on any atom is 0.416 e. The standard InChI is InChI=1S/C17H10BrF3O/c18-16-14-7-3-11(9-12(14)4-8-15(16)22)10-1-5-13(6-2-10)17(19,20)21/h1-9,22H. The highest BCUT2D eigenvalue weighted by Crippen LogP contribution is 2.35. The van der Waals surface area contributed by atoms with Crippen LogP contribution in [0.25, 0.3) is 21.9 Å². The second-order valence-electron chi connectivity index (χ2n) is 4.91. The number of rotatable bonds is 1. The van der Waals surface area contributed by atoms with Crippen LogP contribution in [-0.2, 0) is 6.18 Å². The first-order chi connectivity index (χ1) is 10.4. The molecular formula is C17H10BrF3O. The number of hydrogen-bond acceptors (Lipinski definition) is 1. The summed E-state index contributed by atoms with van der Waals surface area (Å²) in [5.74, 6) is 0.148. The van der Waals surface area contributed by atoms with Gasteiger partial charge in [-0.25, -0.2) is 0 Å². The smallest absolute Gasteiger partial charge is 0.416 e. The van der Waals surface area contributed by atoms with Crippen molar-refractivity contribution in [3.63, 3.8) is 0 Å². The zero-order valence-corrected chi connectivity index (χ0v) is 12.7. The molecule has 0 aliphatic carbocycles. The van der Waals surface area contributed by atoms with E-state index in [2.05, 4.69) is 15.9 Å². The predicted molar refractivity (Wildman–Crippen MR) is 83.8 cm³/mol. The zero-order valence-electron chi connectivity index (χ0n) is 11.2. The highest BCUT2D eigenvalue weighted by molar-refractivity contribution is 9.10. The highest BCUT2D eigenvalue weighted by atomic mass is 79.9. The summed E-state index contributed by atoms with van der Waals surface area (Å²) in [5, 5.41) is 11.4. The Balaban J connectivity index is 2.05. The molecule has 0 aliphatic rings. The molecule has 0 unspecified atom stereocenters. The summed E-state index contributed by atoms with van der Waals surface area (Å²) in [7, 11) is 0. The number of fused-ring (bicyclic) bond motifs is 1. The molecule has 3 rings (SSSR count). The van der Waals surface area contributed by atoms with E-state index in [0.29, 0.717) is 10.0 Å². The number of benzene rings is 3. The average molecular weight is 367 g/mol. The van der Waals surface area contributed by atoms with Crippen LogP contribution in [-0.4, -0.2) is 5.11 Å². The van der Waals surface area contributed by atoms with Gasteiger partial charge in [-0.1, -0.05) is 30.3 Å². The summed E-state index contributed by atoms with van der Waals surface area (Å²) in [6.07, 6.45) is -4.33. The molecule has 0 bridgehead atoms. The van der Waals surface area contributed by atoms with E-state index in [0.717, 1.165) is 28.5 Å². The van der Waals surface area contributed by atoms with Gasteiger partial charge in [-0.05, 0) is 62.1 Å². The fourth-order valence-electron chi connectivity index (χ4n) is 2.31. The van der Waals surface area contributed by atoms with Crippen LogP contribution in [0.3, 0.4) is 0 Å². The summed E-state index contributed by atoms with van der Waals surface area (Å²) in [4.78, 5) is 0. The van der Waals surface area contributed by atoms with Crippen LogP contribution in [0.1, 0.15) is 5.56 Å². The van der Waals surface area contributed by atoms with Crippen LogP contribution < -0.4 is 0 Å². The third-order valence-electron chi connectivity index (χ3n) is 3.48. The fraction of sp³-hybridized carbons (Fsp3) is 0.0588. The molecule has 1 nitrogen and oxygen atoms in total. The summed E-state index contributed by atoms with van der Waals surface area (Å²) < 4.78 is 38.4. The third kappa shape index (κ3) is 2.68. The van der Waals surface area contributed by atoms with Crippen LogP contribution >= 0.6 is 15.9 Å². The van der Waals surface area contributed by atoms with E-state index in [1.807, 2.05) is 18.2 Å². The molecule has 0 aliphatic heterocycles. The Hall–Kier alpha value is -2.01. The monoisotopic (exact) mass is 366 g/mol. The molecule has 112 valence electrons. The molecule has 3 aromatic rings. The Kier molecular flexibility index (Phi) is 3.60. The molecule has 3 aromatic carbocycles. The van der Waals surface area contributed by atoms with E-state index in [9.17, 15) is 18.3 Å². The van der Waals surface area contributed by atoms with E-state index in [4.69, 9.17) is 0 Å². The Morgan fingerprint density at radius 2 is 1.45 bits per heavy atom. The molecule has 0 atom stereocenters. The molecule has 0 radical (unpaired) electrons. The van der Waals surface area contributed by atoms with E-state index < -0.39 is 11.7 Å². The minimum absolute atomic E-state index is 0.148. The SMILES string of the molecule is Oc1ccc2cc(-c3ccc(C(F)(F)F)cc3)ccc2c1Br. The first-order valence-electron chi connectivity index (χ1n) is 6.45. The number of aromatic hydroxyl groups is 1. The Morgan fingerprint density at radius 3 is 2.09 bits per heavy atom. The molecule has 22 heavy (non-hydrogen) atoms. The molecule has 0 spiro atoms. The summed E-state index contributed by atoms with van der Waals surface area (Å²) in [5.41, 5.74) is 0.864. The summed E-state index contributed by atoms with van der Waals surface area (Å²) in [6.45, 7) is 0.